The van der Waals surface area contributed by atoms with Crippen LogP contribution in [0.3, 0.4) is 0 Å². The normalized spacial score (nSPS) is 17.6. The Kier molecular flexibility index (Phi) is 11.1. The molecule has 1 saturated heterocycles. The summed E-state index contributed by atoms with van der Waals surface area (Å²) in [7, 11) is -2.34. The van der Waals surface area contributed by atoms with Gasteiger partial charge in [0.2, 0.25) is 5.95 Å². The highest BCUT2D eigenvalue weighted by atomic mass is 32.2. The van der Waals surface area contributed by atoms with Crippen LogP contribution in [-0.2, 0) is 11.0 Å². The van der Waals surface area contributed by atoms with Gasteiger partial charge in [0.1, 0.15) is 28.2 Å². The van der Waals surface area contributed by atoms with Crippen molar-refractivity contribution in [3.63, 3.8) is 0 Å². The molecule has 7 nitrogen and oxygen atoms in total. The highest BCUT2D eigenvalue weighted by molar-refractivity contribution is 8.11. The molecule has 0 amide bonds. The first-order valence-electron chi connectivity index (χ1n) is 14.2. The van der Waals surface area contributed by atoms with Gasteiger partial charge in [0.15, 0.2) is 0 Å². The lowest BCUT2D eigenvalue weighted by Gasteiger charge is -2.25. The van der Waals surface area contributed by atoms with Crippen LogP contribution < -0.4 is 20.1 Å². The summed E-state index contributed by atoms with van der Waals surface area (Å²) < 4.78 is 60.3. The van der Waals surface area contributed by atoms with Gasteiger partial charge < -0.3 is 20.1 Å². The number of fused-ring (bicyclic) bond motifs is 1. The lowest BCUT2D eigenvalue weighted by Crippen LogP contribution is -2.38. The van der Waals surface area contributed by atoms with Gasteiger partial charge >= 0.3 is 6.18 Å². The van der Waals surface area contributed by atoms with E-state index in [9.17, 15) is 17.4 Å². The van der Waals surface area contributed by atoms with Crippen LogP contribution in [0.15, 0.2) is 59.8 Å². The van der Waals surface area contributed by atoms with Crippen LogP contribution in [0.2, 0.25) is 0 Å². The van der Waals surface area contributed by atoms with E-state index in [0.717, 1.165) is 42.2 Å². The third kappa shape index (κ3) is 8.96. The number of halogens is 3. The number of rotatable bonds is 12. The summed E-state index contributed by atoms with van der Waals surface area (Å²) in [5, 5.41) is 8.13. The maximum atomic E-state index is 12.9. The van der Waals surface area contributed by atoms with E-state index in [-0.39, 0.29) is 12.0 Å². The van der Waals surface area contributed by atoms with E-state index in [1.807, 2.05) is 32.0 Å². The lowest BCUT2D eigenvalue weighted by atomic mass is 10.0. The smallest absolute Gasteiger partial charge is 0.402 e. The summed E-state index contributed by atoms with van der Waals surface area (Å²) in [6.45, 7) is 13.9. The number of hydrogen-bond acceptors (Lipinski definition) is 7. The number of aryl methyl sites for hydroxylation is 1. The molecule has 4 rings (SSSR count). The topological polar surface area (TPSA) is 88.2 Å². The first-order valence-corrected chi connectivity index (χ1v) is 16.4. The fourth-order valence-electron chi connectivity index (χ4n) is 4.80. The Morgan fingerprint density at radius 2 is 2.02 bits per heavy atom. The van der Waals surface area contributed by atoms with E-state index >= 15 is 0 Å². The molecule has 0 radical (unpaired) electrons. The molecule has 2 aromatic carbocycles. The molecule has 1 aromatic heterocycles. The van der Waals surface area contributed by atoms with Gasteiger partial charge in [0.25, 0.3) is 0 Å². The van der Waals surface area contributed by atoms with Crippen molar-refractivity contribution in [1.82, 2.24) is 15.3 Å². The van der Waals surface area contributed by atoms with E-state index < -0.39 is 22.9 Å². The fraction of sp³-hybridized carbons (Fsp3) is 0.419. The van der Waals surface area contributed by atoms with E-state index in [2.05, 4.69) is 40.8 Å². The van der Waals surface area contributed by atoms with Gasteiger partial charge in [-0.3, -0.25) is 0 Å². The van der Waals surface area contributed by atoms with E-state index in [1.54, 1.807) is 24.4 Å². The van der Waals surface area contributed by atoms with Gasteiger partial charge in [-0.2, -0.15) is 13.2 Å². The molecular formula is C31H38F3N5O2S2. The van der Waals surface area contributed by atoms with Crippen molar-refractivity contribution in [3.8, 4) is 5.75 Å². The Morgan fingerprint density at radius 3 is 2.67 bits per heavy atom. The molecule has 3 unspecified atom stereocenters. The van der Waals surface area contributed by atoms with Crippen LogP contribution in [0, 0.1) is 12.8 Å². The van der Waals surface area contributed by atoms with E-state index in [0.29, 0.717) is 45.2 Å². The first kappa shape index (κ1) is 32.8. The number of alkyl halides is 3. The number of nitrogens with one attached hydrogen (secondary N) is 3. The van der Waals surface area contributed by atoms with Gasteiger partial charge in [-0.25, -0.2) is 14.2 Å². The molecule has 1 aliphatic rings. The number of piperidine rings is 1. The van der Waals surface area contributed by atoms with Crippen molar-refractivity contribution in [2.24, 2.45) is 5.92 Å². The lowest BCUT2D eigenvalue weighted by molar-refractivity contribution is -0.105. The molecule has 232 valence electrons. The zero-order valence-corrected chi connectivity index (χ0v) is 26.4. The van der Waals surface area contributed by atoms with Crippen LogP contribution in [0.5, 0.6) is 5.75 Å². The minimum Gasteiger partial charge on any atom is -0.459 e. The summed E-state index contributed by atoms with van der Waals surface area (Å²) in [5.74, 6) is 0.353. The van der Waals surface area contributed by atoms with Crippen LogP contribution in [0.4, 0.5) is 24.8 Å². The molecule has 12 heteroatoms. The summed E-state index contributed by atoms with van der Waals surface area (Å²) in [6.07, 6.45) is 0.0809. The molecule has 3 N–H and O–H groups in total. The molecule has 1 fully saturated rings. The van der Waals surface area contributed by atoms with Gasteiger partial charge in [-0.15, -0.1) is 0 Å². The zero-order chi connectivity index (χ0) is 31.1. The molecular weight excluding hydrogens is 596 g/mol. The molecule has 2 heterocycles. The summed E-state index contributed by atoms with van der Waals surface area (Å²) >= 11 is 1.48. The maximum absolute atomic E-state index is 12.9. The quantitative estimate of drug-likeness (QED) is 0.176. The average Bonchev–Trinajstić information content (AvgIpc) is 2.95. The number of allylic oxidation sites excluding steroid dienone is 2. The fourth-order valence-corrected chi connectivity index (χ4v) is 6.49. The Balaban J connectivity index is 1.79. The molecule has 43 heavy (non-hydrogen) atoms. The number of nitrogens with zero attached hydrogens (tertiary/aromatic N) is 2. The van der Waals surface area contributed by atoms with Gasteiger partial charge in [0.05, 0.1) is 16.3 Å². The summed E-state index contributed by atoms with van der Waals surface area (Å²) in [5.41, 5.74) is 1.73. The SMILES string of the molecule is C=C(C)S/C(=C(/Oc1c(C)cc(NS(=O)CC(F)(F)F)c2ccccc12)C(C)CC)c1ccnc(NC2CCCNC2)n1. The number of benzene rings is 2. The second-order valence-corrected chi connectivity index (χ2v) is 13.2. The molecule has 0 bridgehead atoms. The molecule has 0 aliphatic carbocycles. The van der Waals surface area contributed by atoms with Gasteiger partial charge in [-0.05, 0) is 62.3 Å². The second kappa shape index (κ2) is 14.6. The van der Waals surface area contributed by atoms with Crippen molar-refractivity contribution >= 4 is 50.1 Å². The van der Waals surface area contributed by atoms with Crippen molar-refractivity contribution in [2.45, 2.75) is 59.2 Å². The predicted octanol–water partition coefficient (Wildman–Crippen LogP) is 7.80. The Bertz CT molecular complexity index is 1510. The highest BCUT2D eigenvalue weighted by Crippen LogP contribution is 2.42. The Morgan fingerprint density at radius 1 is 1.28 bits per heavy atom. The third-order valence-corrected chi connectivity index (χ3v) is 8.99. The number of aromatic nitrogens is 2. The molecule has 3 atom stereocenters. The van der Waals surface area contributed by atoms with Gasteiger partial charge in [0, 0.05) is 35.5 Å². The maximum Gasteiger partial charge on any atom is 0.402 e. The van der Waals surface area contributed by atoms with E-state index in [1.165, 1.54) is 11.8 Å². The standard InChI is InChI=1S/C31H38F3N5O2S2/c1-6-20(4)28(29(42-19(2)3)25-13-15-36-30(38-25)37-22-10-9-14-35-17-22)41-27-21(5)16-26(23-11-7-8-12-24(23)27)39-43(40)18-31(32,33)34/h7-8,11-13,15-16,20,22,35,39H,2,6,9-10,14,17-18H2,1,3-5H3,(H,36,37,38)/b29-28+. The monoisotopic (exact) mass is 633 g/mol. The molecule has 0 spiro atoms. The largest absolute Gasteiger partial charge is 0.459 e. The average molecular weight is 634 g/mol. The molecule has 0 saturated carbocycles. The van der Waals surface area contributed by atoms with E-state index in [4.69, 9.17) is 9.72 Å². The number of thioether (sulfide) groups is 1. The van der Waals surface area contributed by atoms with Crippen LogP contribution in [-0.4, -0.2) is 45.2 Å². The molecule has 1 aliphatic heterocycles. The Labute approximate surface area is 257 Å². The number of ether oxygens (including phenoxy) is 1. The minimum absolute atomic E-state index is 0.00831. The second-order valence-electron chi connectivity index (χ2n) is 10.7. The van der Waals surface area contributed by atoms with Crippen molar-refractivity contribution in [3.05, 3.63) is 71.1 Å². The number of hydrogen-bond donors (Lipinski definition) is 3. The van der Waals surface area contributed by atoms with Crippen LogP contribution >= 0.6 is 11.8 Å². The minimum atomic E-state index is -4.55. The first-order chi connectivity index (χ1) is 20.4. The predicted molar refractivity (Wildman–Crippen MR) is 172 cm³/mol. The summed E-state index contributed by atoms with van der Waals surface area (Å²) in [6, 6.07) is 11.0. The van der Waals surface area contributed by atoms with Crippen molar-refractivity contribution < 1.29 is 22.1 Å². The van der Waals surface area contributed by atoms with Crippen molar-refractivity contribution in [1.29, 1.82) is 0 Å². The van der Waals surface area contributed by atoms with Crippen LogP contribution in [0.1, 0.15) is 51.3 Å². The zero-order valence-electron chi connectivity index (χ0n) is 24.8. The van der Waals surface area contributed by atoms with Crippen molar-refractivity contribution in [2.75, 3.05) is 28.9 Å². The van der Waals surface area contributed by atoms with Gasteiger partial charge in [-0.1, -0.05) is 56.5 Å². The number of anilines is 2. The van der Waals surface area contributed by atoms with Crippen LogP contribution in [0.25, 0.3) is 15.7 Å². The molecule has 3 aromatic rings. The highest BCUT2D eigenvalue weighted by Gasteiger charge is 2.31. The summed E-state index contributed by atoms with van der Waals surface area (Å²) in [4.78, 5) is 11.0. The third-order valence-electron chi connectivity index (χ3n) is 6.99. The Hall–Kier alpha value is -3.09.